The summed E-state index contributed by atoms with van der Waals surface area (Å²) in [5.41, 5.74) is 3.49. The zero-order valence-corrected chi connectivity index (χ0v) is 11.5. The summed E-state index contributed by atoms with van der Waals surface area (Å²) in [6.45, 7) is 0. The first-order chi connectivity index (χ1) is 9.15. The number of nitrogens with zero attached hydrogens (tertiary/aromatic N) is 2. The van der Waals surface area contributed by atoms with Gasteiger partial charge in [-0.05, 0) is 36.4 Å². The number of oxazole rings is 1. The molecule has 0 unspecified atom stereocenters. The Hall–Kier alpha value is -2.00. The molecule has 0 fully saturated rings. The molecule has 0 radical (unpaired) electrons. The van der Waals surface area contributed by atoms with Crippen molar-refractivity contribution in [2.75, 3.05) is 19.0 Å². The van der Waals surface area contributed by atoms with E-state index in [9.17, 15) is 0 Å². The molecule has 0 spiro atoms. The molecule has 0 amide bonds. The molecule has 3 aromatic rings. The fraction of sp³-hybridized carbons (Fsp3) is 0.133. The molecule has 96 valence electrons. The van der Waals surface area contributed by atoms with Crippen LogP contribution in [0.3, 0.4) is 0 Å². The molecule has 0 aliphatic carbocycles. The lowest BCUT2D eigenvalue weighted by atomic mass is 10.2. The van der Waals surface area contributed by atoms with Crippen molar-refractivity contribution in [1.29, 1.82) is 0 Å². The Morgan fingerprint density at radius 1 is 1.05 bits per heavy atom. The van der Waals surface area contributed by atoms with Crippen LogP contribution in [0, 0.1) is 0 Å². The number of hydrogen-bond acceptors (Lipinski definition) is 3. The molecule has 3 rings (SSSR count). The van der Waals surface area contributed by atoms with E-state index in [0.29, 0.717) is 22.0 Å². The van der Waals surface area contributed by atoms with Crippen LogP contribution in [0.15, 0.2) is 46.9 Å². The molecule has 1 heterocycles. The highest BCUT2D eigenvalue weighted by Crippen LogP contribution is 2.29. The Morgan fingerprint density at radius 2 is 1.79 bits per heavy atom. The molecule has 0 bridgehead atoms. The standard InChI is InChI=1S/C15H13ClN2O/c1-18(2)11-8-6-10(7-9-11)15-17-14-12(16)4-3-5-13(14)19-15/h3-9H,1-2H3. The van der Waals surface area contributed by atoms with Crippen molar-refractivity contribution in [2.24, 2.45) is 0 Å². The molecule has 0 saturated heterocycles. The lowest BCUT2D eigenvalue weighted by Crippen LogP contribution is -2.07. The fourth-order valence-electron chi connectivity index (χ4n) is 1.94. The summed E-state index contributed by atoms with van der Waals surface area (Å²) in [4.78, 5) is 6.49. The monoisotopic (exact) mass is 272 g/mol. The maximum absolute atomic E-state index is 6.10. The summed E-state index contributed by atoms with van der Waals surface area (Å²) in [5.74, 6) is 0.591. The molecular weight excluding hydrogens is 260 g/mol. The van der Waals surface area contributed by atoms with Crippen molar-refractivity contribution in [1.82, 2.24) is 4.98 Å². The van der Waals surface area contributed by atoms with Gasteiger partial charge in [-0.3, -0.25) is 0 Å². The summed E-state index contributed by atoms with van der Waals surface area (Å²) in [5, 5.41) is 0.609. The first kappa shape index (κ1) is 12.1. The summed E-state index contributed by atoms with van der Waals surface area (Å²) >= 11 is 6.10. The fourth-order valence-corrected chi connectivity index (χ4v) is 2.15. The van der Waals surface area contributed by atoms with Crippen LogP contribution in [-0.2, 0) is 0 Å². The molecule has 0 aliphatic heterocycles. The number of halogens is 1. The number of para-hydroxylation sites is 1. The lowest BCUT2D eigenvalue weighted by molar-refractivity contribution is 0.620. The predicted molar refractivity (Wildman–Crippen MR) is 78.8 cm³/mol. The first-order valence-corrected chi connectivity index (χ1v) is 6.36. The van der Waals surface area contributed by atoms with Crippen LogP contribution in [-0.4, -0.2) is 19.1 Å². The van der Waals surface area contributed by atoms with Gasteiger partial charge in [0.2, 0.25) is 5.89 Å². The lowest BCUT2D eigenvalue weighted by Gasteiger charge is -2.11. The number of fused-ring (bicyclic) bond motifs is 1. The zero-order chi connectivity index (χ0) is 13.4. The predicted octanol–water partition coefficient (Wildman–Crippen LogP) is 4.21. The van der Waals surface area contributed by atoms with Gasteiger partial charge in [0.1, 0.15) is 5.52 Å². The second kappa shape index (κ2) is 4.59. The van der Waals surface area contributed by atoms with Crippen molar-refractivity contribution in [3.05, 3.63) is 47.5 Å². The van der Waals surface area contributed by atoms with Gasteiger partial charge in [-0.15, -0.1) is 0 Å². The highest BCUT2D eigenvalue weighted by molar-refractivity contribution is 6.34. The Morgan fingerprint density at radius 3 is 2.42 bits per heavy atom. The summed E-state index contributed by atoms with van der Waals surface area (Å²) in [6.07, 6.45) is 0. The van der Waals surface area contributed by atoms with Crippen molar-refractivity contribution in [3.63, 3.8) is 0 Å². The zero-order valence-electron chi connectivity index (χ0n) is 10.7. The van der Waals surface area contributed by atoms with Crippen LogP contribution in [0.4, 0.5) is 5.69 Å². The third-order valence-corrected chi connectivity index (χ3v) is 3.31. The van der Waals surface area contributed by atoms with E-state index < -0.39 is 0 Å². The van der Waals surface area contributed by atoms with Crippen LogP contribution in [0.5, 0.6) is 0 Å². The number of aromatic nitrogens is 1. The Balaban J connectivity index is 2.06. The molecule has 0 aliphatic rings. The van der Waals surface area contributed by atoms with Crippen molar-refractivity contribution >= 4 is 28.4 Å². The second-order valence-electron chi connectivity index (χ2n) is 4.55. The SMILES string of the molecule is CN(C)c1ccc(-c2nc3c(Cl)cccc3o2)cc1. The first-order valence-electron chi connectivity index (χ1n) is 5.98. The molecule has 19 heavy (non-hydrogen) atoms. The van der Waals surface area contributed by atoms with E-state index in [1.54, 1.807) is 0 Å². The minimum absolute atomic E-state index is 0.591. The average Bonchev–Trinajstić information content (AvgIpc) is 2.84. The van der Waals surface area contributed by atoms with Crippen molar-refractivity contribution in [3.8, 4) is 11.5 Å². The summed E-state index contributed by atoms with van der Waals surface area (Å²) in [7, 11) is 4.02. The van der Waals surface area contributed by atoms with Gasteiger partial charge in [0.15, 0.2) is 5.58 Å². The Labute approximate surface area is 116 Å². The van der Waals surface area contributed by atoms with E-state index >= 15 is 0 Å². The van der Waals surface area contributed by atoms with E-state index in [2.05, 4.69) is 4.98 Å². The maximum atomic E-state index is 6.10. The number of benzene rings is 2. The highest BCUT2D eigenvalue weighted by Gasteiger charge is 2.10. The van der Waals surface area contributed by atoms with Crippen molar-refractivity contribution < 1.29 is 4.42 Å². The largest absolute Gasteiger partial charge is 0.436 e. The highest BCUT2D eigenvalue weighted by atomic mass is 35.5. The Kier molecular flexibility index (Phi) is 2.91. The minimum atomic E-state index is 0.591. The third kappa shape index (κ3) is 2.17. The van der Waals surface area contributed by atoms with E-state index in [4.69, 9.17) is 16.0 Å². The summed E-state index contributed by atoms with van der Waals surface area (Å²) in [6, 6.07) is 13.6. The topological polar surface area (TPSA) is 29.3 Å². The van der Waals surface area contributed by atoms with Crippen LogP contribution < -0.4 is 4.90 Å². The van der Waals surface area contributed by atoms with Crippen LogP contribution >= 0.6 is 11.6 Å². The number of hydrogen-bond donors (Lipinski definition) is 0. The number of anilines is 1. The molecule has 1 aromatic heterocycles. The quantitative estimate of drug-likeness (QED) is 0.700. The van der Waals surface area contributed by atoms with E-state index in [1.807, 2.05) is 61.5 Å². The molecule has 0 N–H and O–H groups in total. The van der Waals surface area contributed by atoms with Gasteiger partial charge in [-0.1, -0.05) is 17.7 Å². The van der Waals surface area contributed by atoms with Gasteiger partial charge in [-0.25, -0.2) is 4.98 Å². The van der Waals surface area contributed by atoms with Gasteiger partial charge in [-0.2, -0.15) is 0 Å². The normalized spacial score (nSPS) is 10.9. The van der Waals surface area contributed by atoms with Gasteiger partial charge in [0.25, 0.3) is 0 Å². The Bertz CT molecular complexity index is 717. The van der Waals surface area contributed by atoms with Gasteiger partial charge in [0, 0.05) is 25.3 Å². The van der Waals surface area contributed by atoms with Crippen LogP contribution in [0.2, 0.25) is 5.02 Å². The number of rotatable bonds is 2. The van der Waals surface area contributed by atoms with Crippen molar-refractivity contribution in [2.45, 2.75) is 0 Å². The third-order valence-electron chi connectivity index (χ3n) is 3.00. The second-order valence-corrected chi connectivity index (χ2v) is 4.95. The smallest absolute Gasteiger partial charge is 0.227 e. The van der Waals surface area contributed by atoms with E-state index in [-0.39, 0.29) is 0 Å². The maximum Gasteiger partial charge on any atom is 0.227 e. The van der Waals surface area contributed by atoms with Gasteiger partial charge >= 0.3 is 0 Å². The molecule has 2 aromatic carbocycles. The molecule has 3 nitrogen and oxygen atoms in total. The molecule has 4 heteroatoms. The van der Waals surface area contributed by atoms with E-state index in [1.165, 1.54) is 0 Å². The molecule has 0 atom stereocenters. The van der Waals surface area contributed by atoms with Crippen LogP contribution in [0.25, 0.3) is 22.6 Å². The van der Waals surface area contributed by atoms with E-state index in [0.717, 1.165) is 11.3 Å². The molecule has 0 saturated carbocycles. The summed E-state index contributed by atoms with van der Waals surface area (Å²) < 4.78 is 5.73. The average molecular weight is 273 g/mol. The molecular formula is C15H13ClN2O. The van der Waals surface area contributed by atoms with Crippen LogP contribution in [0.1, 0.15) is 0 Å². The van der Waals surface area contributed by atoms with Gasteiger partial charge in [0.05, 0.1) is 5.02 Å². The van der Waals surface area contributed by atoms with Gasteiger partial charge < -0.3 is 9.32 Å². The minimum Gasteiger partial charge on any atom is -0.436 e.